The SMILES string of the molecule is Clc1cccc(Cl)c1[C@@H]1SCc2nc3ccccc3n21. The molecule has 20 heavy (non-hydrogen) atoms. The largest absolute Gasteiger partial charge is 0.310 e. The first-order valence-corrected chi connectivity index (χ1v) is 8.07. The molecule has 2 nitrogen and oxygen atoms in total. The summed E-state index contributed by atoms with van der Waals surface area (Å²) >= 11 is 14.5. The third kappa shape index (κ3) is 1.77. The van der Waals surface area contributed by atoms with Crippen LogP contribution in [-0.2, 0) is 5.75 Å². The first-order valence-electron chi connectivity index (χ1n) is 6.27. The molecule has 2 heterocycles. The Kier molecular flexibility index (Phi) is 2.95. The average Bonchev–Trinajstić information content (AvgIpc) is 2.98. The lowest BCUT2D eigenvalue weighted by Gasteiger charge is -2.17. The van der Waals surface area contributed by atoms with Crippen LogP contribution in [0.2, 0.25) is 10.0 Å². The molecule has 2 aromatic carbocycles. The highest BCUT2D eigenvalue weighted by Crippen LogP contribution is 2.46. The summed E-state index contributed by atoms with van der Waals surface area (Å²) in [7, 11) is 0. The van der Waals surface area contributed by atoms with Crippen molar-refractivity contribution in [1.82, 2.24) is 9.55 Å². The van der Waals surface area contributed by atoms with Crippen LogP contribution in [0.5, 0.6) is 0 Å². The predicted molar refractivity (Wildman–Crippen MR) is 85.6 cm³/mol. The maximum absolute atomic E-state index is 6.36. The summed E-state index contributed by atoms with van der Waals surface area (Å²) in [4.78, 5) is 4.68. The van der Waals surface area contributed by atoms with Gasteiger partial charge in [-0.05, 0) is 24.3 Å². The van der Waals surface area contributed by atoms with Gasteiger partial charge in [0.15, 0.2) is 0 Å². The third-order valence-electron chi connectivity index (χ3n) is 3.52. The van der Waals surface area contributed by atoms with E-state index in [0.29, 0.717) is 10.0 Å². The lowest BCUT2D eigenvalue weighted by Crippen LogP contribution is -2.04. The van der Waals surface area contributed by atoms with Gasteiger partial charge in [0, 0.05) is 15.6 Å². The van der Waals surface area contributed by atoms with Gasteiger partial charge in [-0.15, -0.1) is 11.8 Å². The number of fused-ring (bicyclic) bond motifs is 3. The summed E-state index contributed by atoms with van der Waals surface area (Å²) in [6, 6.07) is 13.8. The van der Waals surface area contributed by atoms with Gasteiger partial charge >= 0.3 is 0 Å². The van der Waals surface area contributed by atoms with E-state index in [1.54, 1.807) is 11.8 Å². The Morgan fingerprint density at radius 3 is 2.60 bits per heavy atom. The topological polar surface area (TPSA) is 17.8 Å². The van der Waals surface area contributed by atoms with Crippen LogP contribution >= 0.6 is 35.0 Å². The van der Waals surface area contributed by atoms with Crippen LogP contribution in [0.15, 0.2) is 42.5 Å². The molecule has 0 saturated carbocycles. The van der Waals surface area contributed by atoms with Crippen LogP contribution in [0, 0.1) is 0 Å². The van der Waals surface area contributed by atoms with Crippen LogP contribution in [0.1, 0.15) is 16.8 Å². The zero-order valence-electron chi connectivity index (χ0n) is 10.4. The Balaban J connectivity index is 1.97. The first-order chi connectivity index (χ1) is 9.75. The molecule has 0 aliphatic carbocycles. The summed E-state index contributed by atoms with van der Waals surface area (Å²) in [6.45, 7) is 0. The van der Waals surface area contributed by atoms with Crippen molar-refractivity contribution in [1.29, 1.82) is 0 Å². The van der Waals surface area contributed by atoms with E-state index in [0.717, 1.165) is 28.2 Å². The maximum Gasteiger partial charge on any atom is 0.121 e. The first kappa shape index (κ1) is 12.6. The molecule has 0 N–H and O–H groups in total. The quantitative estimate of drug-likeness (QED) is 0.618. The Labute approximate surface area is 130 Å². The number of benzene rings is 2. The number of thioether (sulfide) groups is 1. The highest BCUT2D eigenvalue weighted by molar-refractivity contribution is 7.99. The fraction of sp³-hybridized carbons (Fsp3) is 0.133. The molecule has 3 aromatic rings. The van der Waals surface area contributed by atoms with Crippen LogP contribution < -0.4 is 0 Å². The van der Waals surface area contributed by atoms with E-state index >= 15 is 0 Å². The number of para-hydroxylation sites is 2. The van der Waals surface area contributed by atoms with Gasteiger partial charge in [-0.1, -0.05) is 41.4 Å². The van der Waals surface area contributed by atoms with Crippen molar-refractivity contribution in [3.8, 4) is 0 Å². The smallest absolute Gasteiger partial charge is 0.121 e. The fourth-order valence-corrected chi connectivity index (χ4v) is 4.69. The van der Waals surface area contributed by atoms with E-state index in [4.69, 9.17) is 23.2 Å². The van der Waals surface area contributed by atoms with Crippen LogP contribution in [-0.4, -0.2) is 9.55 Å². The minimum absolute atomic E-state index is 0.0959. The predicted octanol–water partition coefficient (Wildman–Crippen LogP) is 5.14. The zero-order chi connectivity index (χ0) is 13.7. The second-order valence-corrected chi connectivity index (χ2v) is 6.57. The summed E-state index contributed by atoms with van der Waals surface area (Å²) in [5.74, 6) is 1.96. The van der Waals surface area contributed by atoms with Crippen molar-refractivity contribution in [2.45, 2.75) is 11.1 Å². The standard InChI is InChI=1S/C15H10Cl2N2S/c16-9-4-3-5-10(17)14(9)15-19-12-7-2-1-6-11(12)18-13(19)8-20-15/h1-7,15H,8H2/t15-/m0/s1. The Hall–Kier alpha value is -1.16. The number of hydrogen-bond donors (Lipinski definition) is 0. The molecule has 100 valence electrons. The lowest BCUT2D eigenvalue weighted by atomic mass is 10.2. The minimum atomic E-state index is 0.0959. The van der Waals surface area contributed by atoms with Gasteiger partial charge in [-0.25, -0.2) is 4.98 Å². The third-order valence-corrected chi connectivity index (χ3v) is 5.37. The zero-order valence-corrected chi connectivity index (χ0v) is 12.7. The summed E-state index contributed by atoms with van der Waals surface area (Å²) in [5, 5.41) is 1.51. The van der Waals surface area contributed by atoms with Gasteiger partial charge in [0.25, 0.3) is 0 Å². The van der Waals surface area contributed by atoms with E-state index in [1.807, 2.05) is 36.4 Å². The molecule has 0 fully saturated rings. The van der Waals surface area contributed by atoms with E-state index in [9.17, 15) is 0 Å². The molecule has 0 amide bonds. The van der Waals surface area contributed by atoms with Crippen LogP contribution in [0.25, 0.3) is 11.0 Å². The van der Waals surface area contributed by atoms with Gasteiger partial charge in [0.05, 0.1) is 16.8 Å². The van der Waals surface area contributed by atoms with Gasteiger partial charge in [0.2, 0.25) is 0 Å². The number of hydrogen-bond acceptors (Lipinski definition) is 2. The van der Waals surface area contributed by atoms with Gasteiger partial charge in [0.1, 0.15) is 11.2 Å². The highest BCUT2D eigenvalue weighted by Gasteiger charge is 2.30. The van der Waals surface area contributed by atoms with Gasteiger partial charge < -0.3 is 4.57 Å². The molecule has 0 spiro atoms. The summed E-state index contributed by atoms with van der Waals surface area (Å²) in [5.41, 5.74) is 3.13. The van der Waals surface area contributed by atoms with E-state index < -0.39 is 0 Å². The fourth-order valence-electron chi connectivity index (χ4n) is 2.64. The van der Waals surface area contributed by atoms with Crippen molar-refractivity contribution < 1.29 is 0 Å². The second kappa shape index (κ2) is 4.69. The van der Waals surface area contributed by atoms with Crippen molar-refractivity contribution in [2.75, 3.05) is 0 Å². The normalized spacial score (nSPS) is 17.6. The number of nitrogens with zero attached hydrogens (tertiary/aromatic N) is 2. The van der Waals surface area contributed by atoms with Crippen molar-refractivity contribution in [3.63, 3.8) is 0 Å². The Bertz CT molecular complexity index is 792. The van der Waals surface area contributed by atoms with Crippen LogP contribution in [0.4, 0.5) is 0 Å². The molecule has 1 aliphatic rings. The summed E-state index contributed by atoms with van der Waals surface area (Å²) < 4.78 is 2.24. The Morgan fingerprint density at radius 2 is 1.80 bits per heavy atom. The van der Waals surface area contributed by atoms with Crippen molar-refractivity contribution in [3.05, 3.63) is 63.9 Å². The molecule has 4 rings (SSSR count). The van der Waals surface area contributed by atoms with Crippen LogP contribution in [0.3, 0.4) is 0 Å². The minimum Gasteiger partial charge on any atom is -0.310 e. The molecule has 0 saturated heterocycles. The molecule has 0 unspecified atom stereocenters. The van der Waals surface area contributed by atoms with Crippen molar-refractivity contribution in [2.24, 2.45) is 0 Å². The van der Waals surface area contributed by atoms with Gasteiger partial charge in [-0.3, -0.25) is 0 Å². The Morgan fingerprint density at radius 1 is 1.05 bits per heavy atom. The van der Waals surface area contributed by atoms with E-state index in [1.165, 1.54) is 0 Å². The molecule has 5 heteroatoms. The number of halogens is 2. The number of rotatable bonds is 1. The highest BCUT2D eigenvalue weighted by atomic mass is 35.5. The molecule has 0 radical (unpaired) electrons. The maximum atomic E-state index is 6.36. The lowest BCUT2D eigenvalue weighted by molar-refractivity contribution is 0.794. The average molecular weight is 321 g/mol. The molecule has 1 atom stereocenters. The van der Waals surface area contributed by atoms with E-state index in [2.05, 4.69) is 15.6 Å². The number of aromatic nitrogens is 2. The second-order valence-electron chi connectivity index (χ2n) is 4.69. The summed E-state index contributed by atoms with van der Waals surface area (Å²) in [6.07, 6.45) is 0. The molecular formula is C15H10Cl2N2S. The molecule has 1 aromatic heterocycles. The van der Waals surface area contributed by atoms with E-state index in [-0.39, 0.29) is 5.37 Å². The molecule has 0 bridgehead atoms. The molecular weight excluding hydrogens is 311 g/mol. The number of imidazole rings is 1. The monoisotopic (exact) mass is 320 g/mol. The van der Waals surface area contributed by atoms with Gasteiger partial charge in [-0.2, -0.15) is 0 Å². The molecule has 1 aliphatic heterocycles. The van der Waals surface area contributed by atoms with Crippen molar-refractivity contribution >= 4 is 46.0 Å².